The molecule has 7 nitrogen and oxygen atoms in total. The normalized spacial score (nSPS) is 10.4. The molecule has 0 bridgehead atoms. The molecule has 1 heterocycles. The SMILES string of the molecule is CCc1ccc(Nc2nnc(SCC(=O)Nc3cc(OC)cc(OC)c3)s2)cc1. The van der Waals surface area contributed by atoms with E-state index in [0.717, 1.165) is 16.4 Å². The number of aryl methyl sites for hydroxylation is 1. The molecule has 0 saturated carbocycles. The number of carbonyl (C=O) groups excluding carboxylic acids is 1. The zero-order valence-electron chi connectivity index (χ0n) is 16.4. The van der Waals surface area contributed by atoms with Gasteiger partial charge in [-0.2, -0.15) is 0 Å². The van der Waals surface area contributed by atoms with Gasteiger partial charge in [-0.15, -0.1) is 10.2 Å². The Bertz CT molecular complexity index is 938. The van der Waals surface area contributed by atoms with E-state index in [1.165, 1.54) is 28.7 Å². The van der Waals surface area contributed by atoms with E-state index in [2.05, 4.69) is 39.9 Å². The molecular weight excluding hydrogens is 408 g/mol. The monoisotopic (exact) mass is 430 g/mol. The lowest BCUT2D eigenvalue weighted by atomic mass is 10.1. The maximum absolute atomic E-state index is 12.3. The van der Waals surface area contributed by atoms with Crippen LogP contribution in [0.2, 0.25) is 0 Å². The molecule has 1 aromatic heterocycles. The van der Waals surface area contributed by atoms with E-state index in [1.807, 2.05) is 12.1 Å². The van der Waals surface area contributed by atoms with E-state index < -0.39 is 0 Å². The molecule has 2 N–H and O–H groups in total. The predicted octanol–water partition coefficient (Wildman–Crippen LogP) is 4.59. The smallest absolute Gasteiger partial charge is 0.234 e. The molecule has 0 aliphatic carbocycles. The molecule has 0 saturated heterocycles. The summed E-state index contributed by atoms with van der Waals surface area (Å²) in [6, 6.07) is 13.4. The van der Waals surface area contributed by atoms with Crippen LogP contribution in [0.3, 0.4) is 0 Å². The number of ether oxygens (including phenoxy) is 2. The minimum Gasteiger partial charge on any atom is -0.497 e. The van der Waals surface area contributed by atoms with Crippen LogP contribution in [0.15, 0.2) is 46.8 Å². The Kier molecular flexibility index (Phi) is 7.31. The second kappa shape index (κ2) is 10.1. The van der Waals surface area contributed by atoms with Crippen molar-refractivity contribution in [2.75, 3.05) is 30.6 Å². The standard InChI is InChI=1S/C20H22N4O3S2/c1-4-13-5-7-14(8-6-13)22-19-23-24-20(29-19)28-12-18(25)21-15-9-16(26-2)11-17(10-15)27-3/h5-11H,4,12H2,1-3H3,(H,21,25)(H,22,23). The number of rotatable bonds is 9. The first-order valence-electron chi connectivity index (χ1n) is 8.94. The van der Waals surface area contributed by atoms with Crippen LogP contribution in [0, 0.1) is 0 Å². The van der Waals surface area contributed by atoms with Crippen LogP contribution in [0.5, 0.6) is 11.5 Å². The third-order valence-corrected chi connectivity index (χ3v) is 5.95. The molecule has 0 atom stereocenters. The topological polar surface area (TPSA) is 85.4 Å². The van der Waals surface area contributed by atoms with Crippen molar-refractivity contribution in [3.63, 3.8) is 0 Å². The van der Waals surface area contributed by atoms with Crippen molar-refractivity contribution >= 4 is 45.5 Å². The summed E-state index contributed by atoms with van der Waals surface area (Å²) in [5.74, 6) is 1.29. The average Bonchev–Trinajstić information content (AvgIpc) is 3.19. The molecular formula is C20H22N4O3S2. The van der Waals surface area contributed by atoms with Crippen molar-refractivity contribution in [2.24, 2.45) is 0 Å². The van der Waals surface area contributed by atoms with E-state index in [1.54, 1.807) is 32.4 Å². The largest absolute Gasteiger partial charge is 0.497 e. The Balaban J connectivity index is 1.53. The minimum absolute atomic E-state index is 0.148. The fourth-order valence-corrected chi connectivity index (χ4v) is 4.04. The Labute approximate surface area is 177 Å². The Morgan fingerprint density at radius 1 is 1.03 bits per heavy atom. The highest BCUT2D eigenvalue weighted by Crippen LogP contribution is 2.29. The average molecular weight is 431 g/mol. The number of carbonyl (C=O) groups is 1. The highest BCUT2D eigenvalue weighted by molar-refractivity contribution is 8.01. The van der Waals surface area contributed by atoms with Crippen LogP contribution in [0.1, 0.15) is 12.5 Å². The van der Waals surface area contributed by atoms with Crippen molar-refractivity contribution in [3.05, 3.63) is 48.0 Å². The molecule has 3 rings (SSSR count). The first-order chi connectivity index (χ1) is 14.1. The van der Waals surface area contributed by atoms with Crippen molar-refractivity contribution in [2.45, 2.75) is 17.7 Å². The van der Waals surface area contributed by atoms with Gasteiger partial charge in [-0.05, 0) is 24.1 Å². The molecule has 1 amide bonds. The number of hydrogen-bond donors (Lipinski definition) is 2. The zero-order chi connectivity index (χ0) is 20.6. The molecule has 0 unspecified atom stereocenters. The van der Waals surface area contributed by atoms with Crippen LogP contribution in [0.4, 0.5) is 16.5 Å². The van der Waals surface area contributed by atoms with Gasteiger partial charge in [0.1, 0.15) is 11.5 Å². The lowest BCUT2D eigenvalue weighted by Gasteiger charge is -2.09. The molecule has 0 aliphatic rings. The quantitative estimate of drug-likeness (QED) is 0.480. The number of amides is 1. The number of nitrogens with zero attached hydrogens (tertiary/aromatic N) is 2. The third-order valence-electron chi connectivity index (χ3n) is 3.98. The van der Waals surface area contributed by atoms with Gasteiger partial charge < -0.3 is 20.1 Å². The van der Waals surface area contributed by atoms with Crippen molar-refractivity contribution in [3.8, 4) is 11.5 Å². The second-order valence-electron chi connectivity index (χ2n) is 5.99. The highest BCUT2D eigenvalue weighted by Gasteiger charge is 2.10. The van der Waals surface area contributed by atoms with Crippen LogP contribution in [0.25, 0.3) is 0 Å². The lowest BCUT2D eigenvalue weighted by Crippen LogP contribution is -2.14. The van der Waals surface area contributed by atoms with Crippen LogP contribution in [-0.2, 0) is 11.2 Å². The summed E-state index contributed by atoms with van der Waals surface area (Å²) in [5, 5.41) is 15.0. The molecule has 0 aliphatic heterocycles. The van der Waals surface area contributed by atoms with E-state index >= 15 is 0 Å². The van der Waals surface area contributed by atoms with Crippen molar-refractivity contribution in [1.29, 1.82) is 0 Å². The molecule has 0 radical (unpaired) electrons. The van der Waals surface area contributed by atoms with Gasteiger partial charge in [0, 0.05) is 29.6 Å². The predicted molar refractivity (Wildman–Crippen MR) is 118 cm³/mol. The van der Waals surface area contributed by atoms with E-state index in [-0.39, 0.29) is 11.7 Å². The summed E-state index contributed by atoms with van der Waals surface area (Å²) in [5.41, 5.74) is 2.85. The van der Waals surface area contributed by atoms with Gasteiger partial charge in [-0.25, -0.2) is 0 Å². The van der Waals surface area contributed by atoms with E-state index in [0.29, 0.717) is 22.3 Å². The molecule has 29 heavy (non-hydrogen) atoms. The van der Waals surface area contributed by atoms with Gasteiger partial charge in [-0.1, -0.05) is 42.2 Å². The van der Waals surface area contributed by atoms with Gasteiger partial charge >= 0.3 is 0 Å². The number of thioether (sulfide) groups is 1. The maximum atomic E-state index is 12.3. The summed E-state index contributed by atoms with van der Waals surface area (Å²) in [4.78, 5) is 12.3. The van der Waals surface area contributed by atoms with E-state index in [9.17, 15) is 4.79 Å². The van der Waals surface area contributed by atoms with Gasteiger partial charge in [-0.3, -0.25) is 4.79 Å². The second-order valence-corrected chi connectivity index (χ2v) is 8.19. The molecule has 0 fully saturated rings. The number of hydrogen-bond acceptors (Lipinski definition) is 8. The maximum Gasteiger partial charge on any atom is 0.234 e. The number of nitrogens with one attached hydrogen (secondary N) is 2. The van der Waals surface area contributed by atoms with Crippen molar-refractivity contribution < 1.29 is 14.3 Å². The third kappa shape index (κ3) is 6.10. The van der Waals surface area contributed by atoms with Crippen LogP contribution < -0.4 is 20.1 Å². The number of benzene rings is 2. The van der Waals surface area contributed by atoms with Gasteiger partial charge in [0.25, 0.3) is 0 Å². The van der Waals surface area contributed by atoms with Gasteiger partial charge in [0.15, 0.2) is 4.34 Å². The fraction of sp³-hybridized carbons (Fsp3) is 0.250. The number of anilines is 3. The Morgan fingerprint density at radius 3 is 2.34 bits per heavy atom. The number of methoxy groups -OCH3 is 2. The fourth-order valence-electron chi connectivity index (χ4n) is 2.47. The molecule has 152 valence electrons. The molecule has 9 heteroatoms. The van der Waals surface area contributed by atoms with Gasteiger partial charge in [0.2, 0.25) is 11.0 Å². The first-order valence-corrected chi connectivity index (χ1v) is 10.7. The first kappa shape index (κ1) is 20.9. The lowest BCUT2D eigenvalue weighted by molar-refractivity contribution is -0.113. The van der Waals surface area contributed by atoms with Crippen LogP contribution >= 0.6 is 23.1 Å². The zero-order valence-corrected chi connectivity index (χ0v) is 18.0. The Hall–Kier alpha value is -2.78. The van der Waals surface area contributed by atoms with E-state index in [4.69, 9.17) is 9.47 Å². The Morgan fingerprint density at radius 2 is 1.72 bits per heavy atom. The number of aromatic nitrogens is 2. The van der Waals surface area contributed by atoms with Crippen molar-refractivity contribution in [1.82, 2.24) is 10.2 Å². The molecule has 0 spiro atoms. The summed E-state index contributed by atoms with van der Waals surface area (Å²) < 4.78 is 11.1. The van der Waals surface area contributed by atoms with Gasteiger partial charge in [0.05, 0.1) is 20.0 Å². The minimum atomic E-state index is -0.148. The summed E-state index contributed by atoms with van der Waals surface area (Å²) in [6.45, 7) is 2.12. The summed E-state index contributed by atoms with van der Waals surface area (Å²) in [6.07, 6.45) is 1.00. The molecule has 3 aromatic rings. The summed E-state index contributed by atoms with van der Waals surface area (Å²) in [7, 11) is 3.13. The molecule has 2 aromatic carbocycles. The summed E-state index contributed by atoms with van der Waals surface area (Å²) >= 11 is 2.74. The highest BCUT2D eigenvalue weighted by atomic mass is 32.2. The van der Waals surface area contributed by atoms with Crippen LogP contribution in [-0.4, -0.2) is 36.1 Å².